The summed E-state index contributed by atoms with van der Waals surface area (Å²) in [5.41, 5.74) is 5.72. The molecule has 2 aliphatic rings. The highest BCUT2D eigenvalue weighted by molar-refractivity contribution is 6.10. The monoisotopic (exact) mass is 496 g/mol. The lowest BCUT2D eigenvalue weighted by Gasteiger charge is -2.38. The molecule has 0 unspecified atom stereocenters. The summed E-state index contributed by atoms with van der Waals surface area (Å²) >= 11 is 0. The molecule has 0 bridgehead atoms. The second-order valence-electron chi connectivity index (χ2n) is 10.2. The highest BCUT2D eigenvalue weighted by atomic mass is 19.3. The zero-order valence-electron chi connectivity index (χ0n) is 20.4. The molecule has 1 aliphatic carbocycles. The van der Waals surface area contributed by atoms with Gasteiger partial charge >= 0.3 is 6.61 Å². The first kappa shape index (κ1) is 26.8. The summed E-state index contributed by atoms with van der Waals surface area (Å²) in [6.07, 6.45) is 3.14. The molecular weight excluding hydrogens is 462 g/mol. The number of hydrogen-bond acceptors (Lipinski definition) is 6. The summed E-state index contributed by atoms with van der Waals surface area (Å²) < 4.78 is 36.1. The molecule has 1 aliphatic heterocycles. The third-order valence-electron chi connectivity index (χ3n) is 6.01. The lowest BCUT2D eigenvalue weighted by atomic mass is 9.84. The van der Waals surface area contributed by atoms with E-state index in [-0.39, 0.29) is 35.9 Å². The fraction of sp³-hybridized carbons (Fsp3) is 0.625. The van der Waals surface area contributed by atoms with Crippen LogP contribution < -0.4 is 20.7 Å². The number of nitrogens with zero attached hydrogens (tertiary/aromatic N) is 2. The number of hydrogen-bond donors (Lipinski definition) is 2. The highest BCUT2D eigenvalue weighted by Gasteiger charge is 2.36. The van der Waals surface area contributed by atoms with Gasteiger partial charge in [0.25, 0.3) is 11.8 Å². The molecule has 9 nitrogen and oxygen atoms in total. The van der Waals surface area contributed by atoms with Crippen LogP contribution in [0.5, 0.6) is 5.75 Å². The second kappa shape index (κ2) is 11.3. The molecule has 1 saturated heterocycles. The maximum atomic E-state index is 13.3. The van der Waals surface area contributed by atoms with Gasteiger partial charge in [0.2, 0.25) is 5.91 Å². The van der Waals surface area contributed by atoms with Gasteiger partial charge in [-0.1, -0.05) is 27.2 Å². The second-order valence-corrected chi connectivity index (χ2v) is 10.2. The molecule has 1 atom stereocenters. The number of halogens is 2. The maximum Gasteiger partial charge on any atom is 0.387 e. The number of carbonyl (C=O) groups excluding carboxylic acids is 3. The van der Waals surface area contributed by atoms with E-state index in [1.54, 1.807) is 4.90 Å². The Labute approximate surface area is 203 Å². The van der Waals surface area contributed by atoms with E-state index < -0.39 is 24.5 Å². The number of carbonyl (C=O) groups is 3. The van der Waals surface area contributed by atoms with Gasteiger partial charge in [-0.2, -0.15) is 8.78 Å². The molecular formula is C24H34F2N4O5. The molecule has 0 aromatic heterocycles. The molecule has 1 saturated carbocycles. The van der Waals surface area contributed by atoms with Crippen LogP contribution in [0, 0.1) is 11.3 Å². The molecule has 3 rings (SSSR count). The Morgan fingerprint density at radius 1 is 1.31 bits per heavy atom. The number of amides is 3. The van der Waals surface area contributed by atoms with Crippen molar-refractivity contribution in [3.63, 3.8) is 0 Å². The van der Waals surface area contributed by atoms with E-state index in [2.05, 4.69) is 10.1 Å². The van der Waals surface area contributed by atoms with Crippen molar-refractivity contribution in [1.29, 1.82) is 0 Å². The third kappa shape index (κ3) is 7.35. The first-order valence-corrected chi connectivity index (χ1v) is 11.8. The van der Waals surface area contributed by atoms with Gasteiger partial charge in [-0.3, -0.25) is 19.3 Å². The number of nitrogens with one attached hydrogen (secondary N) is 1. The minimum absolute atomic E-state index is 0.0506. The van der Waals surface area contributed by atoms with E-state index in [0.717, 1.165) is 19.3 Å². The zero-order chi connectivity index (χ0) is 25.8. The standard InChI is InChI=1S/C24H34F2N4O5/c1-24(2,3)14-29(12-15-5-4-6-15)20(21(27)32)22(33)28-17-8-7-16(11-18(17)35-23(25)26)30-9-10-34-13-19(30)31/h7-8,11,15,20,23H,4-6,9-10,12-14H2,1-3H3,(H2,27,32)(H,28,33)/t20-/m0/s1. The van der Waals surface area contributed by atoms with Gasteiger partial charge in [-0.05, 0) is 36.3 Å². The average Bonchev–Trinajstić information content (AvgIpc) is 2.70. The number of alkyl halides is 2. The van der Waals surface area contributed by atoms with Crippen LogP contribution in [-0.4, -0.2) is 68.1 Å². The van der Waals surface area contributed by atoms with Crippen molar-refractivity contribution in [3.8, 4) is 5.75 Å². The quantitative estimate of drug-likeness (QED) is 0.482. The van der Waals surface area contributed by atoms with Crippen LogP contribution in [0.3, 0.4) is 0 Å². The first-order valence-electron chi connectivity index (χ1n) is 11.8. The molecule has 11 heteroatoms. The minimum atomic E-state index is -3.16. The summed E-state index contributed by atoms with van der Waals surface area (Å²) in [7, 11) is 0. The van der Waals surface area contributed by atoms with E-state index in [9.17, 15) is 23.2 Å². The van der Waals surface area contributed by atoms with Crippen molar-refractivity contribution in [3.05, 3.63) is 18.2 Å². The SMILES string of the molecule is CC(C)(C)CN(CC1CCC1)[C@@H](C(N)=O)C(=O)Nc1ccc(N2CCOCC2=O)cc1OC(F)F. The van der Waals surface area contributed by atoms with Crippen LogP contribution in [0.25, 0.3) is 0 Å². The van der Waals surface area contributed by atoms with Gasteiger partial charge in [0.05, 0.1) is 12.3 Å². The predicted octanol–water partition coefficient (Wildman–Crippen LogP) is 2.59. The van der Waals surface area contributed by atoms with Gasteiger partial charge in [0.15, 0.2) is 11.8 Å². The Kier molecular flexibility index (Phi) is 8.65. The molecule has 35 heavy (non-hydrogen) atoms. The highest BCUT2D eigenvalue weighted by Crippen LogP contribution is 2.33. The van der Waals surface area contributed by atoms with E-state index >= 15 is 0 Å². The number of ether oxygens (including phenoxy) is 2. The fourth-order valence-electron chi connectivity index (χ4n) is 4.32. The van der Waals surface area contributed by atoms with Crippen LogP contribution in [0.15, 0.2) is 18.2 Å². The first-order chi connectivity index (χ1) is 16.4. The van der Waals surface area contributed by atoms with Crippen molar-refractivity contribution < 1.29 is 32.6 Å². The molecule has 3 amide bonds. The minimum Gasteiger partial charge on any atom is -0.433 e. The summed E-state index contributed by atoms with van der Waals surface area (Å²) in [4.78, 5) is 41.0. The summed E-state index contributed by atoms with van der Waals surface area (Å²) in [5.74, 6) is -1.82. The number of benzene rings is 1. The summed E-state index contributed by atoms with van der Waals surface area (Å²) in [6, 6.07) is 2.85. The smallest absolute Gasteiger partial charge is 0.387 e. The molecule has 1 aromatic rings. The average molecular weight is 497 g/mol. The van der Waals surface area contributed by atoms with E-state index in [1.807, 2.05) is 20.8 Å². The summed E-state index contributed by atoms with van der Waals surface area (Å²) in [5, 5.41) is 2.55. The Morgan fingerprint density at radius 3 is 2.57 bits per heavy atom. The number of nitrogens with two attached hydrogens (primary N) is 1. The van der Waals surface area contributed by atoms with E-state index in [0.29, 0.717) is 31.3 Å². The van der Waals surface area contributed by atoms with Crippen molar-refractivity contribution in [2.45, 2.75) is 52.7 Å². The van der Waals surface area contributed by atoms with Crippen LogP contribution in [0.1, 0.15) is 40.0 Å². The van der Waals surface area contributed by atoms with Gasteiger partial charge in [0, 0.05) is 31.4 Å². The van der Waals surface area contributed by atoms with E-state index in [1.165, 1.54) is 23.1 Å². The fourth-order valence-corrected chi connectivity index (χ4v) is 4.32. The molecule has 0 radical (unpaired) electrons. The van der Waals surface area contributed by atoms with Gasteiger partial charge in [-0.25, -0.2) is 0 Å². The lowest BCUT2D eigenvalue weighted by Crippen LogP contribution is -2.55. The topological polar surface area (TPSA) is 114 Å². The van der Waals surface area contributed by atoms with Crippen LogP contribution in [0.4, 0.5) is 20.2 Å². The van der Waals surface area contributed by atoms with E-state index in [4.69, 9.17) is 10.5 Å². The largest absolute Gasteiger partial charge is 0.433 e. The third-order valence-corrected chi connectivity index (χ3v) is 6.01. The molecule has 1 aromatic carbocycles. The molecule has 2 fully saturated rings. The molecule has 1 heterocycles. The Morgan fingerprint density at radius 2 is 2.03 bits per heavy atom. The van der Waals surface area contributed by atoms with Gasteiger partial charge < -0.3 is 25.4 Å². The molecule has 0 spiro atoms. The Bertz CT molecular complexity index is 933. The van der Waals surface area contributed by atoms with Crippen molar-refractivity contribution in [2.24, 2.45) is 17.1 Å². The number of primary amides is 1. The Balaban J connectivity index is 1.86. The lowest BCUT2D eigenvalue weighted by molar-refractivity contribution is -0.133. The Hall–Kier alpha value is -2.79. The number of anilines is 2. The number of morpholine rings is 1. The maximum absolute atomic E-state index is 13.3. The van der Waals surface area contributed by atoms with Crippen LogP contribution >= 0.6 is 0 Å². The molecule has 194 valence electrons. The summed E-state index contributed by atoms with van der Waals surface area (Å²) in [6.45, 7) is 4.26. The van der Waals surface area contributed by atoms with Gasteiger partial charge in [-0.15, -0.1) is 0 Å². The number of rotatable bonds is 10. The normalized spacial score (nSPS) is 17.9. The van der Waals surface area contributed by atoms with Crippen molar-refractivity contribution in [1.82, 2.24) is 4.90 Å². The van der Waals surface area contributed by atoms with Crippen molar-refractivity contribution in [2.75, 3.05) is 43.1 Å². The van der Waals surface area contributed by atoms with Crippen LogP contribution in [0.2, 0.25) is 0 Å². The molecule has 3 N–H and O–H groups in total. The van der Waals surface area contributed by atoms with Crippen molar-refractivity contribution >= 4 is 29.1 Å². The van der Waals surface area contributed by atoms with Crippen LogP contribution in [-0.2, 0) is 19.1 Å². The predicted molar refractivity (Wildman–Crippen MR) is 126 cm³/mol. The van der Waals surface area contributed by atoms with Gasteiger partial charge in [0.1, 0.15) is 6.61 Å². The zero-order valence-corrected chi connectivity index (χ0v) is 20.4.